The molecule has 0 atom stereocenters. The highest BCUT2D eigenvalue weighted by molar-refractivity contribution is 5.78. The Morgan fingerprint density at radius 2 is 2.12 bits per heavy atom. The topological polar surface area (TPSA) is 56.1 Å². The van der Waals surface area contributed by atoms with Crippen LogP contribution in [0.25, 0.3) is 0 Å². The van der Waals surface area contributed by atoms with Crippen molar-refractivity contribution in [3.8, 4) is 6.07 Å². The molecule has 0 radical (unpaired) electrons. The van der Waals surface area contributed by atoms with Gasteiger partial charge in [-0.25, -0.2) is 0 Å². The van der Waals surface area contributed by atoms with Crippen LogP contribution in [0.5, 0.6) is 0 Å². The number of carbonyl (C=O) groups excluding carboxylic acids is 1. The number of rotatable bonds is 5. The first-order valence-corrected chi connectivity index (χ1v) is 6.50. The Bertz CT molecular complexity index is 275. The smallest absolute Gasteiger partial charge is 0.223 e. The van der Waals surface area contributed by atoms with Gasteiger partial charge in [0.05, 0.1) is 6.07 Å². The summed E-state index contributed by atoms with van der Waals surface area (Å²) in [7, 11) is 0. The second kappa shape index (κ2) is 7.29. The van der Waals surface area contributed by atoms with Gasteiger partial charge in [-0.15, -0.1) is 0 Å². The number of amides is 1. The van der Waals surface area contributed by atoms with E-state index in [0.717, 1.165) is 39.0 Å². The molecule has 0 unspecified atom stereocenters. The molecule has 1 rings (SSSR count). The van der Waals surface area contributed by atoms with Crippen molar-refractivity contribution in [2.24, 2.45) is 11.8 Å². The highest BCUT2D eigenvalue weighted by Gasteiger charge is 2.24. The van der Waals surface area contributed by atoms with E-state index >= 15 is 0 Å². The number of piperidine rings is 1. The molecule has 1 saturated heterocycles. The highest BCUT2D eigenvalue weighted by atomic mass is 16.1. The largest absolute Gasteiger partial charge is 0.356 e. The van der Waals surface area contributed by atoms with Gasteiger partial charge in [0.1, 0.15) is 0 Å². The molecule has 1 aliphatic heterocycles. The van der Waals surface area contributed by atoms with Gasteiger partial charge in [0.2, 0.25) is 5.91 Å². The Kier molecular flexibility index (Phi) is 5.99. The van der Waals surface area contributed by atoms with Crippen LogP contribution in [-0.4, -0.2) is 37.0 Å². The van der Waals surface area contributed by atoms with E-state index in [0.29, 0.717) is 12.3 Å². The van der Waals surface area contributed by atoms with Crippen LogP contribution < -0.4 is 5.32 Å². The first kappa shape index (κ1) is 14.0. The molecular weight excluding hydrogens is 214 g/mol. The van der Waals surface area contributed by atoms with Gasteiger partial charge in [0.15, 0.2) is 0 Å². The molecule has 1 aliphatic rings. The Morgan fingerprint density at radius 1 is 1.47 bits per heavy atom. The van der Waals surface area contributed by atoms with Crippen LogP contribution in [-0.2, 0) is 4.79 Å². The van der Waals surface area contributed by atoms with Crippen LogP contribution >= 0.6 is 0 Å². The minimum atomic E-state index is 0.173. The number of likely N-dealkylation sites (tertiary alicyclic amines) is 1. The number of carbonyl (C=O) groups is 1. The molecule has 17 heavy (non-hydrogen) atoms. The molecule has 1 fully saturated rings. The molecule has 0 aromatic carbocycles. The summed E-state index contributed by atoms with van der Waals surface area (Å²) in [6.45, 7) is 7.71. The minimum Gasteiger partial charge on any atom is -0.356 e. The average molecular weight is 237 g/mol. The summed E-state index contributed by atoms with van der Waals surface area (Å²) in [4.78, 5) is 14.1. The molecule has 4 heteroatoms. The zero-order valence-corrected chi connectivity index (χ0v) is 10.9. The zero-order chi connectivity index (χ0) is 12.7. The minimum absolute atomic E-state index is 0.173. The van der Waals surface area contributed by atoms with Crippen molar-refractivity contribution >= 4 is 5.91 Å². The van der Waals surface area contributed by atoms with Gasteiger partial charge in [-0.05, 0) is 31.8 Å². The van der Waals surface area contributed by atoms with E-state index in [1.54, 1.807) is 0 Å². The second-order valence-corrected chi connectivity index (χ2v) is 5.16. The maximum absolute atomic E-state index is 11.8. The number of nitriles is 1. The summed E-state index contributed by atoms with van der Waals surface area (Å²) in [6, 6.07) is 2.16. The summed E-state index contributed by atoms with van der Waals surface area (Å²) >= 11 is 0. The summed E-state index contributed by atoms with van der Waals surface area (Å²) in [6.07, 6.45) is 2.44. The summed E-state index contributed by atoms with van der Waals surface area (Å²) in [5.41, 5.74) is 0. The summed E-state index contributed by atoms with van der Waals surface area (Å²) < 4.78 is 0. The molecule has 0 saturated carbocycles. The molecular formula is C13H23N3O. The predicted octanol–water partition coefficient (Wildman–Crippen LogP) is 1.38. The SMILES string of the molecule is CC(C)CNC(=O)C1CCN(CCC#N)CC1. The van der Waals surface area contributed by atoms with Crippen molar-refractivity contribution in [3.63, 3.8) is 0 Å². The van der Waals surface area contributed by atoms with Crippen LogP contribution in [0.4, 0.5) is 0 Å². The lowest BCUT2D eigenvalue weighted by molar-refractivity contribution is -0.126. The maximum Gasteiger partial charge on any atom is 0.223 e. The number of nitrogens with zero attached hydrogens (tertiary/aromatic N) is 2. The number of hydrogen-bond acceptors (Lipinski definition) is 3. The van der Waals surface area contributed by atoms with Crippen LogP contribution in [0.2, 0.25) is 0 Å². The van der Waals surface area contributed by atoms with E-state index in [1.165, 1.54) is 0 Å². The van der Waals surface area contributed by atoms with Crippen LogP contribution in [0.1, 0.15) is 33.1 Å². The highest BCUT2D eigenvalue weighted by Crippen LogP contribution is 2.17. The van der Waals surface area contributed by atoms with E-state index in [-0.39, 0.29) is 11.8 Å². The van der Waals surface area contributed by atoms with Crippen molar-refractivity contribution in [3.05, 3.63) is 0 Å². The number of nitrogens with one attached hydrogen (secondary N) is 1. The maximum atomic E-state index is 11.8. The third-order valence-electron chi connectivity index (χ3n) is 3.18. The van der Waals surface area contributed by atoms with E-state index in [9.17, 15) is 4.79 Å². The predicted molar refractivity (Wildman–Crippen MR) is 67.2 cm³/mol. The van der Waals surface area contributed by atoms with E-state index < -0.39 is 0 Å². The summed E-state index contributed by atoms with van der Waals surface area (Å²) in [5, 5.41) is 11.5. The molecule has 0 aliphatic carbocycles. The van der Waals surface area contributed by atoms with Crippen LogP contribution in [0.3, 0.4) is 0 Å². The quantitative estimate of drug-likeness (QED) is 0.786. The lowest BCUT2D eigenvalue weighted by atomic mass is 9.95. The van der Waals surface area contributed by atoms with Crippen molar-refractivity contribution in [2.75, 3.05) is 26.2 Å². The Morgan fingerprint density at radius 3 is 2.65 bits per heavy atom. The van der Waals surface area contributed by atoms with Gasteiger partial charge in [-0.1, -0.05) is 13.8 Å². The van der Waals surface area contributed by atoms with E-state index in [4.69, 9.17) is 5.26 Å². The van der Waals surface area contributed by atoms with Crippen molar-refractivity contribution in [1.29, 1.82) is 5.26 Å². The molecule has 0 aromatic rings. The number of hydrogen-bond donors (Lipinski definition) is 1. The molecule has 4 nitrogen and oxygen atoms in total. The normalized spacial score (nSPS) is 18.0. The molecule has 1 heterocycles. The molecule has 1 N–H and O–H groups in total. The second-order valence-electron chi connectivity index (χ2n) is 5.16. The summed E-state index contributed by atoms with van der Waals surface area (Å²) in [5.74, 6) is 0.889. The first-order chi connectivity index (χ1) is 8.13. The van der Waals surface area contributed by atoms with Crippen LogP contribution in [0, 0.1) is 23.2 Å². The van der Waals surface area contributed by atoms with Gasteiger partial charge >= 0.3 is 0 Å². The van der Waals surface area contributed by atoms with Gasteiger partial charge in [-0.2, -0.15) is 5.26 Å². The Hall–Kier alpha value is -1.08. The molecule has 0 aromatic heterocycles. The molecule has 0 spiro atoms. The fraction of sp³-hybridized carbons (Fsp3) is 0.846. The molecule has 1 amide bonds. The van der Waals surface area contributed by atoms with Gasteiger partial charge in [0, 0.05) is 25.4 Å². The van der Waals surface area contributed by atoms with E-state index in [2.05, 4.69) is 30.1 Å². The lowest BCUT2D eigenvalue weighted by Gasteiger charge is -2.30. The Balaban J connectivity index is 2.22. The third-order valence-corrected chi connectivity index (χ3v) is 3.18. The third kappa shape index (κ3) is 5.18. The van der Waals surface area contributed by atoms with Crippen molar-refractivity contribution in [2.45, 2.75) is 33.1 Å². The fourth-order valence-corrected chi connectivity index (χ4v) is 2.08. The standard InChI is InChI=1S/C13H23N3O/c1-11(2)10-15-13(17)12-4-8-16(9-5-12)7-3-6-14/h11-12H,3-5,7-10H2,1-2H3,(H,15,17). The first-order valence-electron chi connectivity index (χ1n) is 6.50. The fourth-order valence-electron chi connectivity index (χ4n) is 2.08. The van der Waals surface area contributed by atoms with Crippen LogP contribution in [0.15, 0.2) is 0 Å². The molecule has 96 valence electrons. The average Bonchev–Trinajstić information content (AvgIpc) is 2.34. The van der Waals surface area contributed by atoms with Gasteiger partial charge in [0.25, 0.3) is 0 Å². The van der Waals surface area contributed by atoms with Crippen molar-refractivity contribution in [1.82, 2.24) is 10.2 Å². The Labute approximate surface area is 104 Å². The zero-order valence-electron chi connectivity index (χ0n) is 10.9. The van der Waals surface area contributed by atoms with Crippen molar-refractivity contribution < 1.29 is 4.79 Å². The lowest BCUT2D eigenvalue weighted by Crippen LogP contribution is -2.41. The van der Waals surface area contributed by atoms with Gasteiger partial charge in [-0.3, -0.25) is 4.79 Å². The van der Waals surface area contributed by atoms with Gasteiger partial charge < -0.3 is 10.2 Å². The monoisotopic (exact) mass is 237 g/mol. The van der Waals surface area contributed by atoms with E-state index in [1.807, 2.05) is 0 Å². The molecule has 0 bridgehead atoms.